The predicted octanol–water partition coefficient (Wildman–Crippen LogP) is 3.75. The maximum absolute atomic E-state index is 12.2. The van der Waals surface area contributed by atoms with Crippen LogP contribution in [0.25, 0.3) is 0 Å². The molecule has 0 atom stereocenters. The number of hydrogen-bond donors (Lipinski definition) is 0. The smallest absolute Gasteiger partial charge is 0.338 e. The Labute approximate surface area is 165 Å². The highest BCUT2D eigenvalue weighted by Crippen LogP contribution is 2.23. The van der Waals surface area contributed by atoms with Gasteiger partial charge in [-0.3, -0.25) is 0 Å². The Hall–Kier alpha value is -1.07. The highest BCUT2D eigenvalue weighted by atomic mass is 24.3. The van der Waals surface area contributed by atoms with Crippen molar-refractivity contribution in [2.75, 3.05) is 0 Å². The average Bonchev–Trinajstić information content (AvgIpc) is 2.63. The molecule has 0 saturated heterocycles. The summed E-state index contributed by atoms with van der Waals surface area (Å²) in [7, 11) is 0. The molecule has 0 heterocycles. The molecule has 1 aromatic carbocycles. The Morgan fingerprint density at radius 3 is 1.28 bits per heavy atom. The van der Waals surface area contributed by atoms with Crippen molar-refractivity contribution in [2.24, 2.45) is 0 Å². The summed E-state index contributed by atoms with van der Waals surface area (Å²) in [5.74, 6) is -0.594. The van der Waals surface area contributed by atoms with Gasteiger partial charge in [-0.05, 0) is 75.6 Å². The van der Waals surface area contributed by atoms with Crippen LogP contribution in [0.3, 0.4) is 0 Å². The summed E-state index contributed by atoms with van der Waals surface area (Å²) < 4.78 is 11.1. The highest BCUT2D eigenvalue weighted by Gasteiger charge is 2.21. The van der Waals surface area contributed by atoms with Crippen LogP contribution in [0.5, 0.6) is 0 Å². The minimum atomic E-state index is -0.297. The van der Waals surface area contributed by atoms with Crippen LogP contribution in [0, 0.1) is 0 Å². The summed E-state index contributed by atoms with van der Waals surface area (Å²) >= 11 is 0. The Balaban J connectivity index is 0.00000225. The summed E-state index contributed by atoms with van der Waals surface area (Å²) in [5.41, 5.74) is 0.990. The maximum Gasteiger partial charge on any atom is 0.338 e. The SMILES string of the molecule is O=C(OC1CCCCC1)c1ccc(C(=O)OC2CCCCC2)cc1.[MgH2]. The van der Waals surface area contributed by atoms with E-state index in [9.17, 15) is 9.59 Å². The van der Waals surface area contributed by atoms with Crippen LogP contribution in [0.2, 0.25) is 0 Å². The number of hydrogen-bond acceptors (Lipinski definition) is 4. The standard InChI is InChI=1S/C20H26O4.Mg.2H/c21-19(23-17-7-3-1-4-8-17)15-11-13-16(14-12-15)20(22)24-18-9-5-2-6-10-18;;;/h11-14,17-18H,1-10H2;;;. The molecule has 3 rings (SSSR count). The molecule has 0 unspecified atom stereocenters. The van der Waals surface area contributed by atoms with Gasteiger partial charge in [-0.15, -0.1) is 0 Å². The lowest BCUT2D eigenvalue weighted by molar-refractivity contribution is 0.0196. The fourth-order valence-corrected chi connectivity index (χ4v) is 3.55. The van der Waals surface area contributed by atoms with E-state index in [2.05, 4.69) is 0 Å². The largest absolute Gasteiger partial charge is 0.459 e. The zero-order valence-corrected chi connectivity index (χ0v) is 14.2. The molecule has 0 aromatic heterocycles. The summed E-state index contributed by atoms with van der Waals surface area (Å²) in [6.07, 6.45) is 10.9. The quantitative estimate of drug-likeness (QED) is 0.609. The predicted molar refractivity (Wildman–Crippen MR) is 99.6 cm³/mol. The van der Waals surface area contributed by atoms with Gasteiger partial charge in [-0.25, -0.2) is 9.59 Å². The van der Waals surface area contributed by atoms with Gasteiger partial charge in [0.2, 0.25) is 0 Å². The van der Waals surface area contributed by atoms with Gasteiger partial charge in [0.25, 0.3) is 0 Å². The van der Waals surface area contributed by atoms with E-state index in [1.807, 2.05) is 0 Å². The zero-order chi connectivity index (χ0) is 16.8. The van der Waals surface area contributed by atoms with Crippen molar-refractivity contribution in [1.29, 1.82) is 0 Å². The number of rotatable bonds is 4. The monoisotopic (exact) mass is 356 g/mol. The van der Waals surface area contributed by atoms with Crippen molar-refractivity contribution in [3.8, 4) is 0 Å². The number of esters is 2. The summed E-state index contributed by atoms with van der Waals surface area (Å²) in [5, 5.41) is 0. The van der Waals surface area contributed by atoms with Crippen LogP contribution >= 0.6 is 0 Å². The van der Waals surface area contributed by atoms with E-state index in [1.54, 1.807) is 24.3 Å². The molecule has 2 aliphatic carbocycles. The Morgan fingerprint density at radius 2 is 0.960 bits per heavy atom. The van der Waals surface area contributed by atoms with Gasteiger partial charge in [0.15, 0.2) is 0 Å². The lowest BCUT2D eigenvalue weighted by atomic mass is 9.97. The van der Waals surface area contributed by atoms with Crippen molar-refractivity contribution in [1.82, 2.24) is 0 Å². The normalized spacial score (nSPS) is 18.9. The Kier molecular flexibility index (Phi) is 8.23. The minimum absolute atomic E-state index is 0. The molecule has 0 radical (unpaired) electrons. The van der Waals surface area contributed by atoms with Crippen molar-refractivity contribution in [3.63, 3.8) is 0 Å². The van der Waals surface area contributed by atoms with Gasteiger partial charge in [-0.2, -0.15) is 0 Å². The van der Waals surface area contributed by atoms with Gasteiger partial charge in [-0.1, -0.05) is 12.8 Å². The van der Waals surface area contributed by atoms with Crippen LogP contribution in [-0.4, -0.2) is 47.2 Å². The number of benzene rings is 1. The molecule has 2 aliphatic rings. The Bertz CT molecular complexity index is 507. The number of carbonyl (C=O) groups excluding carboxylic acids is 2. The molecule has 1 aromatic rings. The highest BCUT2D eigenvalue weighted by molar-refractivity contribution is 5.93. The third kappa shape index (κ3) is 5.99. The molecule has 2 saturated carbocycles. The van der Waals surface area contributed by atoms with Crippen molar-refractivity contribution in [3.05, 3.63) is 35.4 Å². The van der Waals surface area contributed by atoms with E-state index >= 15 is 0 Å². The fraction of sp³-hybridized carbons (Fsp3) is 0.600. The van der Waals surface area contributed by atoms with E-state index < -0.39 is 0 Å². The minimum Gasteiger partial charge on any atom is -0.459 e. The second-order valence-electron chi connectivity index (χ2n) is 6.91. The first-order valence-electron chi connectivity index (χ1n) is 9.24. The van der Waals surface area contributed by atoms with Crippen LogP contribution in [0.1, 0.15) is 84.9 Å². The molecule has 2 fully saturated rings. The Morgan fingerprint density at radius 1 is 0.640 bits per heavy atom. The first-order chi connectivity index (χ1) is 11.7. The van der Waals surface area contributed by atoms with Gasteiger partial charge >= 0.3 is 35.0 Å². The molecule has 4 nitrogen and oxygen atoms in total. The summed E-state index contributed by atoms with van der Waals surface area (Å²) in [4.78, 5) is 24.3. The zero-order valence-electron chi connectivity index (χ0n) is 14.2. The molecule has 134 valence electrons. The second kappa shape index (κ2) is 10.2. The second-order valence-corrected chi connectivity index (χ2v) is 6.91. The summed E-state index contributed by atoms with van der Waals surface area (Å²) in [6, 6.07) is 6.62. The van der Waals surface area contributed by atoms with Crippen LogP contribution in [0.15, 0.2) is 24.3 Å². The van der Waals surface area contributed by atoms with Crippen molar-refractivity contribution >= 4 is 35.0 Å². The molecule has 0 spiro atoms. The molecule has 0 bridgehead atoms. The van der Waals surface area contributed by atoms with E-state index in [-0.39, 0.29) is 47.2 Å². The van der Waals surface area contributed by atoms with Gasteiger partial charge in [0.1, 0.15) is 12.2 Å². The van der Waals surface area contributed by atoms with E-state index in [4.69, 9.17) is 9.47 Å². The fourth-order valence-electron chi connectivity index (χ4n) is 3.55. The van der Waals surface area contributed by atoms with Gasteiger partial charge in [0.05, 0.1) is 11.1 Å². The maximum atomic E-state index is 12.2. The number of ether oxygens (including phenoxy) is 2. The molecular formula is C20H28MgO4. The average molecular weight is 357 g/mol. The van der Waals surface area contributed by atoms with Crippen LogP contribution in [-0.2, 0) is 9.47 Å². The molecule has 0 amide bonds. The molecule has 0 aliphatic heterocycles. The first kappa shape index (κ1) is 20.2. The number of carbonyl (C=O) groups is 2. The van der Waals surface area contributed by atoms with Crippen LogP contribution < -0.4 is 0 Å². The van der Waals surface area contributed by atoms with Crippen molar-refractivity contribution < 1.29 is 19.1 Å². The summed E-state index contributed by atoms with van der Waals surface area (Å²) in [6.45, 7) is 0. The molecule has 0 N–H and O–H groups in total. The third-order valence-corrected chi connectivity index (χ3v) is 5.01. The first-order valence-corrected chi connectivity index (χ1v) is 9.24. The van der Waals surface area contributed by atoms with Gasteiger partial charge in [0, 0.05) is 0 Å². The molecular weight excluding hydrogens is 329 g/mol. The third-order valence-electron chi connectivity index (χ3n) is 5.01. The lowest BCUT2D eigenvalue weighted by Crippen LogP contribution is -2.21. The topological polar surface area (TPSA) is 52.6 Å². The van der Waals surface area contributed by atoms with E-state index in [1.165, 1.54) is 12.8 Å². The van der Waals surface area contributed by atoms with Gasteiger partial charge < -0.3 is 9.47 Å². The molecule has 25 heavy (non-hydrogen) atoms. The van der Waals surface area contributed by atoms with E-state index in [0.29, 0.717) is 11.1 Å². The van der Waals surface area contributed by atoms with Crippen LogP contribution in [0.4, 0.5) is 0 Å². The molecule has 5 heteroatoms. The van der Waals surface area contributed by atoms with E-state index in [0.717, 1.165) is 51.4 Å². The lowest BCUT2D eigenvalue weighted by Gasteiger charge is -2.22. The van der Waals surface area contributed by atoms with Crippen molar-refractivity contribution in [2.45, 2.75) is 76.4 Å².